The SMILES string of the molecule is COCC1(CNS(=O)(=O)Cc2ccc(Cl)c(Cl)c2)CCCN1.Cl. The predicted molar refractivity (Wildman–Crippen MR) is 96.2 cm³/mol. The number of nitrogens with one attached hydrogen (secondary N) is 2. The van der Waals surface area contributed by atoms with Crippen molar-refractivity contribution in [2.24, 2.45) is 0 Å². The molecular weight excluding hydrogens is 383 g/mol. The van der Waals surface area contributed by atoms with Gasteiger partial charge >= 0.3 is 0 Å². The first kappa shape index (κ1) is 21.0. The molecule has 1 unspecified atom stereocenters. The number of hydrogen-bond acceptors (Lipinski definition) is 4. The number of methoxy groups -OCH3 is 1. The lowest BCUT2D eigenvalue weighted by Crippen LogP contribution is -2.53. The third kappa shape index (κ3) is 6.05. The first-order valence-electron chi connectivity index (χ1n) is 7.01. The Labute approximate surface area is 153 Å². The van der Waals surface area contributed by atoms with Crippen molar-refractivity contribution >= 4 is 45.6 Å². The van der Waals surface area contributed by atoms with Crippen LogP contribution in [0.5, 0.6) is 0 Å². The maximum absolute atomic E-state index is 12.2. The van der Waals surface area contributed by atoms with E-state index in [1.54, 1.807) is 25.3 Å². The van der Waals surface area contributed by atoms with Crippen molar-refractivity contribution in [3.63, 3.8) is 0 Å². The lowest BCUT2D eigenvalue weighted by atomic mass is 9.99. The average molecular weight is 404 g/mol. The van der Waals surface area contributed by atoms with Crippen molar-refractivity contribution < 1.29 is 13.2 Å². The highest BCUT2D eigenvalue weighted by atomic mass is 35.5. The molecule has 1 atom stereocenters. The molecule has 1 heterocycles. The Hall–Kier alpha value is -0.0800. The van der Waals surface area contributed by atoms with Crippen LogP contribution < -0.4 is 10.0 Å². The van der Waals surface area contributed by atoms with Crippen LogP contribution in [0.25, 0.3) is 0 Å². The van der Waals surface area contributed by atoms with Gasteiger partial charge in [-0.2, -0.15) is 0 Å². The van der Waals surface area contributed by atoms with Gasteiger partial charge in [-0.05, 0) is 37.1 Å². The van der Waals surface area contributed by atoms with Crippen molar-refractivity contribution in [1.29, 1.82) is 0 Å². The molecule has 0 saturated carbocycles. The fourth-order valence-corrected chi connectivity index (χ4v) is 4.16. The molecule has 1 fully saturated rings. The van der Waals surface area contributed by atoms with Gasteiger partial charge in [0.2, 0.25) is 10.0 Å². The van der Waals surface area contributed by atoms with Crippen molar-refractivity contribution in [3.05, 3.63) is 33.8 Å². The highest BCUT2D eigenvalue weighted by molar-refractivity contribution is 7.88. The van der Waals surface area contributed by atoms with E-state index < -0.39 is 10.0 Å². The molecule has 1 aliphatic heterocycles. The summed E-state index contributed by atoms with van der Waals surface area (Å²) in [4.78, 5) is 0. The molecule has 5 nitrogen and oxygen atoms in total. The van der Waals surface area contributed by atoms with Gasteiger partial charge in [0.05, 0.1) is 27.9 Å². The van der Waals surface area contributed by atoms with E-state index in [4.69, 9.17) is 27.9 Å². The minimum atomic E-state index is -3.46. The monoisotopic (exact) mass is 402 g/mol. The minimum absolute atomic E-state index is 0. The maximum atomic E-state index is 12.2. The predicted octanol–water partition coefficient (Wildman–Crippen LogP) is 2.60. The second kappa shape index (κ2) is 8.85. The fraction of sp³-hybridized carbons (Fsp3) is 0.571. The summed E-state index contributed by atoms with van der Waals surface area (Å²) in [6, 6.07) is 4.83. The molecule has 0 aromatic heterocycles. The topological polar surface area (TPSA) is 67.4 Å². The molecule has 2 rings (SSSR count). The summed E-state index contributed by atoms with van der Waals surface area (Å²) in [6.07, 6.45) is 1.90. The largest absolute Gasteiger partial charge is 0.383 e. The molecule has 2 N–H and O–H groups in total. The van der Waals surface area contributed by atoms with Crippen molar-refractivity contribution in [2.75, 3.05) is 26.8 Å². The number of benzene rings is 1. The van der Waals surface area contributed by atoms with Gasteiger partial charge in [0.25, 0.3) is 0 Å². The zero-order valence-electron chi connectivity index (χ0n) is 12.8. The van der Waals surface area contributed by atoms with E-state index in [1.807, 2.05) is 0 Å². The highest BCUT2D eigenvalue weighted by Gasteiger charge is 2.34. The molecule has 1 aromatic rings. The van der Waals surface area contributed by atoms with E-state index in [0.717, 1.165) is 19.4 Å². The summed E-state index contributed by atoms with van der Waals surface area (Å²) < 4.78 is 32.4. The van der Waals surface area contributed by atoms with Crippen LogP contribution in [0.3, 0.4) is 0 Å². The second-order valence-corrected chi connectivity index (χ2v) is 8.19. The smallest absolute Gasteiger partial charge is 0.215 e. The van der Waals surface area contributed by atoms with Crippen molar-refractivity contribution in [3.8, 4) is 0 Å². The summed E-state index contributed by atoms with van der Waals surface area (Å²) in [6.45, 7) is 1.66. The van der Waals surface area contributed by atoms with Crippen molar-refractivity contribution in [1.82, 2.24) is 10.0 Å². The van der Waals surface area contributed by atoms with Gasteiger partial charge in [0, 0.05) is 13.7 Å². The van der Waals surface area contributed by atoms with Gasteiger partial charge in [-0.25, -0.2) is 13.1 Å². The molecule has 1 aromatic carbocycles. The molecule has 0 aliphatic carbocycles. The normalized spacial score (nSPS) is 21.2. The van der Waals surface area contributed by atoms with Gasteiger partial charge in [-0.15, -0.1) is 12.4 Å². The number of rotatable bonds is 7. The van der Waals surface area contributed by atoms with Gasteiger partial charge in [-0.3, -0.25) is 0 Å². The number of hydrogen-bond donors (Lipinski definition) is 2. The molecule has 0 amide bonds. The van der Waals surface area contributed by atoms with Crippen LogP contribution in [-0.2, 0) is 20.5 Å². The Balaban J connectivity index is 0.00000264. The van der Waals surface area contributed by atoms with Gasteiger partial charge < -0.3 is 10.1 Å². The zero-order chi connectivity index (χ0) is 16.2. The molecular formula is C14H21Cl3N2O3S. The van der Waals surface area contributed by atoms with Gasteiger partial charge in [-0.1, -0.05) is 29.3 Å². The van der Waals surface area contributed by atoms with E-state index >= 15 is 0 Å². The fourth-order valence-electron chi connectivity index (χ4n) is 2.62. The maximum Gasteiger partial charge on any atom is 0.215 e. The van der Waals surface area contributed by atoms with Gasteiger partial charge in [0.15, 0.2) is 0 Å². The summed E-state index contributed by atoms with van der Waals surface area (Å²) >= 11 is 11.7. The molecule has 1 saturated heterocycles. The Bertz CT molecular complexity index is 620. The Kier molecular flexibility index (Phi) is 8.07. The Morgan fingerprint density at radius 1 is 1.35 bits per heavy atom. The molecule has 23 heavy (non-hydrogen) atoms. The molecule has 132 valence electrons. The van der Waals surface area contributed by atoms with E-state index in [1.165, 1.54) is 0 Å². The summed E-state index contributed by atoms with van der Waals surface area (Å²) in [5.74, 6) is -0.132. The lowest BCUT2D eigenvalue weighted by molar-refractivity contribution is 0.122. The van der Waals surface area contributed by atoms with Crippen LogP contribution >= 0.6 is 35.6 Å². The van der Waals surface area contributed by atoms with E-state index in [0.29, 0.717) is 28.8 Å². The van der Waals surface area contributed by atoms with Crippen LogP contribution in [-0.4, -0.2) is 40.8 Å². The van der Waals surface area contributed by atoms with Crippen LogP contribution in [0.15, 0.2) is 18.2 Å². The van der Waals surface area contributed by atoms with Crippen LogP contribution in [0.4, 0.5) is 0 Å². The van der Waals surface area contributed by atoms with Gasteiger partial charge in [0.1, 0.15) is 0 Å². The highest BCUT2D eigenvalue weighted by Crippen LogP contribution is 2.24. The van der Waals surface area contributed by atoms with Crippen LogP contribution in [0, 0.1) is 0 Å². The van der Waals surface area contributed by atoms with E-state index in [2.05, 4.69) is 10.0 Å². The number of ether oxygens (including phenoxy) is 1. The summed E-state index contributed by atoms with van der Waals surface area (Å²) in [5, 5.41) is 4.09. The minimum Gasteiger partial charge on any atom is -0.383 e. The number of halogens is 3. The zero-order valence-corrected chi connectivity index (χ0v) is 15.9. The van der Waals surface area contributed by atoms with E-state index in [9.17, 15) is 8.42 Å². The van der Waals surface area contributed by atoms with E-state index in [-0.39, 0.29) is 23.7 Å². The molecule has 0 bridgehead atoms. The summed E-state index contributed by atoms with van der Waals surface area (Å²) in [5.41, 5.74) is 0.279. The second-order valence-electron chi connectivity index (χ2n) is 5.57. The average Bonchev–Trinajstić information content (AvgIpc) is 2.90. The Morgan fingerprint density at radius 2 is 2.09 bits per heavy atom. The third-order valence-corrected chi connectivity index (χ3v) is 5.76. The molecule has 0 radical (unpaired) electrons. The first-order chi connectivity index (χ1) is 10.4. The van der Waals surface area contributed by atoms with Crippen molar-refractivity contribution in [2.45, 2.75) is 24.1 Å². The van der Waals surface area contributed by atoms with Crippen LogP contribution in [0.1, 0.15) is 18.4 Å². The summed E-state index contributed by atoms with van der Waals surface area (Å²) in [7, 11) is -1.84. The quantitative estimate of drug-likeness (QED) is 0.734. The standard InChI is InChI=1S/C14H20Cl2N2O3S.ClH/c1-21-10-14(5-2-6-17-14)9-18-22(19,20)8-11-3-4-12(15)13(16)7-11;/h3-4,7,17-18H,2,5-6,8-10H2,1H3;1H. The Morgan fingerprint density at radius 3 is 2.65 bits per heavy atom. The molecule has 0 spiro atoms. The first-order valence-corrected chi connectivity index (χ1v) is 9.42. The third-order valence-electron chi connectivity index (χ3n) is 3.72. The molecule has 1 aliphatic rings. The van der Waals surface area contributed by atoms with Crippen LogP contribution in [0.2, 0.25) is 10.0 Å². The lowest BCUT2D eigenvalue weighted by Gasteiger charge is -2.28. The number of sulfonamides is 1. The molecule has 9 heteroatoms.